The van der Waals surface area contributed by atoms with E-state index in [4.69, 9.17) is 5.73 Å². The summed E-state index contributed by atoms with van der Waals surface area (Å²) in [4.78, 5) is 0. The van der Waals surface area contributed by atoms with Gasteiger partial charge in [0.1, 0.15) is 0 Å². The van der Waals surface area contributed by atoms with E-state index in [1.54, 1.807) is 0 Å². The summed E-state index contributed by atoms with van der Waals surface area (Å²) in [6.45, 7) is 3.94. The quantitative estimate of drug-likeness (QED) is 0.438. The van der Waals surface area contributed by atoms with Crippen LogP contribution in [-0.4, -0.2) is 6.04 Å². The van der Waals surface area contributed by atoms with E-state index in [0.717, 1.165) is 12.3 Å². The molecule has 0 aromatic heterocycles. The summed E-state index contributed by atoms with van der Waals surface area (Å²) in [5, 5.41) is 0. The number of hydrogen-bond acceptors (Lipinski definition) is 1. The van der Waals surface area contributed by atoms with Crippen LogP contribution in [0, 0.1) is 12.8 Å². The van der Waals surface area contributed by atoms with Gasteiger partial charge in [-0.2, -0.15) is 6.42 Å². The highest BCUT2D eigenvalue weighted by atomic mass is 14.6. The summed E-state index contributed by atoms with van der Waals surface area (Å²) in [6, 6.07) is 0.483. The monoisotopic (exact) mass is 140 g/mol. The van der Waals surface area contributed by atoms with Crippen molar-refractivity contribution in [1.82, 2.24) is 0 Å². The van der Waals surface area contributed by atoms with E-state index >= 15 is 0 Å². The van der Waals surface area contributed by atoms with Gasteiger partial charge in [0.2, 0.25) is 0 Å². The van der Waals surface area contributed by atoms with E-state index < -0.39 is 0 Å². The standard InChI is InChI=1S/C9H18N/c1-2-8-4-3-5-9(10)7-6-8/h8-9H,1-7,10H2/q-1. The molecule has 2 unspecified atom stereocenters. The summed E-state index contributed by atoms with van der Waals surface area (Å²) in [6.07, 6.45) is 7.55. The van der Waals surface area contributed by atoms with Gasteiger partial charge in [-0.3, -0.25) is 0 Å². The Morgan fingerprint density at radius 3 is 2.70 bits per heavy atom. The van der Waals surface area contributed by atoms with Crippen LogP contribution in [-0.2, 0) is 0 Å². The highest BCUT2D eigenvalue weighted by molar-refractivity contribution is 4.72. The summed E-state index contributed by atoms with van der Waals surface area (Å²) >= 11 is 0. The Balaban J connectivity index is 2.26. The van der Waals surface area contributed by atoms with Crippen molar-refractivity contribution < 1.29 is 0 Å². The molecule has 1 nitrogen and oxygen atoms in total. The van der Waals surface area contributed by atoms with Crippen molar-refractivity contribution in [1.29, 1.82) is 0 Å². The molecule has 1 aliphatic rings. The average Bonchev–Trinajstić information content (AvgIpc) is 2.14. The predicted molar refractivity (Wildman–Crippen MR) is 44.5 cm³/mol. The lowest BCUT2D eigenvalue weighted by atomic mass is 9.98. The largest absolute Gasteiger partial charge is 0.343 e. The van der Waals surface area contributed by atoms with Gasteiger partial charge in [-0.05, 0) is 12.8 Å². The minimum absolute atomic E-state index is 0.483. The Bertz CT molecular complexity index is 90.7. The molecule has 1 heteroatoms. The molecule has 2 N–H and O–H groups in total. The zero-order valence-electron chi connectivity index (χ0n) is 6.68. The Labute approximate surface area is 64.0 Å². The Morgan fingerprint density at radius 1 is 1.20 bits per heavy atom. The molecule has 0 aromatic carbocycles. The molecule has 10 heavy (non-hydrogen) atoms. The number of hydrogen-bond donors (Lipinski definition) is 1. The summed E-state index contributed by atoms with van der Waals surface area (Å²) < 4.78 is 0. The molecule has 1 fully saturated rings. The maximum absolute atomic E-state index is 5.83. The summed E-state index contributed by atoms with van der Waals surface area (Å²) in [5.74, 6) is 0.869. The summed E-state index contributed by atoms with van der Waals surface area (Å²) in [7, 11) is 0. The lowest BCUT2D eigenvalue weighted by Crippen LogP contribution is -2.17. The first-order valence-corrected chi connectivity index (χ1v) is 4.37. The summed E-state index contributed by atoms with van der Waals surface area (Å²) in [5.41, 5.74) is 5.83. The van der Waals surface area contributed by atoms with Crippen molar-refractivity contribution in [3.63, 3.8) is 0 Å². The van der Waals surface area contributed by atoms with Crippen molar-refractivity contribution in [2.75, 3.05) is 0 Å². The Morgan fingerprint density at radius 2 is 2.00 bits per heavy atom. The van der Waals surface area contributed by atoms with Gasteiger partial charge >= 0.3 is 0 Å². The van der Waals surface area contributed by atoms with E-state index in [2.05, 4.69) is 6.92 Å². The van der Waals surface area contributed by atoms with Crippen molar-refractivity contribution in [3.8, 4) is 0 Å². The van der Waals surface area contributed by atoms with Crippen LogP contribution in [0.2, 0.25) is 0 Å². The zero-order chi connectivity index (χ0) is 7.40. The molecule has 1 rings (SSSR count). The molecule has 0 saturated heterocycles. The van der Waals surface area contributed by atoms with E-state index in [9.17, 15) is 0 Å². The van der Waals surface area contributed by atoms with Crippen LogP contribution in [0.4, 0.5) is 0 Å². The maximum atomic E-state index is 5.83. The van der Waals surface area contributed by atoms with Gasteiger partial charge in [-0.1, -0.05) is 25.2 Å². The molecule has 60 valence electrons. The predicted octanol–water partition coefficient (Wildman–Crippen LogP) is 2.12. The third-order valence-corrected chi connectivity index (χ3v) is 2.54. The van der Waals surface area contributed by atoms with Crippen LogP contribution < -0.4 is 5.73 Å². The first-order chi connectivity index (χ1) is 4.83. The van der Waals surface area contributed by atoms with Gasteiger partial charge in [0.25, 0.3) is 0 Å². The second-order valence-corrected chi connectivity index (χ2v) is 3.42. The fourth-order valence-corrected chi connectivity index (χ4v) is 1.70. The second-order valence-electron chi connectivity index (χ2n) is 3.42. The van der Waals surface area contributed by atoms with Gasteiger partial charge in [0.05, 0.1) is 0 Å². The topological polar surface area (TPSA) is 26.0 Å². The van der Waals surface area contributed by atoms with Gasteiger partial charge in [0.15, 0.2) is 0 Å². The molecule has 0 heterocycles. The van der Waals surface area contributed by atoms with Gasteiger partial charge < -0.3 is 12.7 Å². The molecule has 2 atom stereocenters. The molecular weight excluding hydrogens is 122 g/mol. The van der Waals surface area contributed by atoms with Gasteiger partial charge in [0, 0.05) is 6.04 Å². The smallest absolute Gasteiger partial charge is 0.00389 e. The fraction of sp³-hybridized carbons (Fsp3) is 0.889. The third-order valence-electron chi connectivity index (χ3n) is 2.54. The van der Waals surface area contributed by atoms with Crippen LogP contribution in [0.3, 0.4) is 0 Å². The van der Waals surface area contributed by atoms with E-state index in [1.807, 2.05) is 0 Å². The van der Waals surface area contributed by atoms with Gasteiger partial charge in [-0.15, -0.1) is 0 Å². The lowest BCUT2D eigenvalue weighted by Gasteiger charge is -2.13. The lowest BCUT2D eigenvalue weighted by molar-refractivity contribution is 0.460. The molecular formula is C9H18N-. The van der Waals surface area contributed by atoms with Crippen LogP contribution in [0.1, 0.15) is 38.5 Å². The zero-order valence-corrected chi connectivity index (χ0v) is 6.68. The molecule has 1 saturated carbocycles. The molecule has 0 bridgehead atoms. The van der Waals surface area contributed by atoms with E-state index in [-0.39, 0.29) is 0 Å². The van der Waals surface area contributed by atoms with Crippen LogP contribution in [0.15, 0.2) is 0 Å². The van der Waals surface area contributed by atoms with E-state index in [1.165, 1.54) is 32.1 Å². The highest BCUT2D eigenvalue weighted by Gasteiger charge is 2.12. The first kappa shape index (κ1) is 8.06. The van der Waals surface area contributed by atoms with Crippen LogP contribution in [0.5, 0.6) is 0 Å². The molecule has 1 aliphatic carbocycles. The van der Waals surface area contributed by atoms with Crippen LogP contribution in [0.25, 0.3) is 0 Å². The first-order valence-electron chi connectivity index (χ1n) is 4.37. The van der Waals surface area contributed by atoms with Crippen molar-refractivity contribution in [2.45, 2.75) is 44.6 Å². The Kier molecular flexibility index (Phi) is 3.20. The second kappa shape index (κ2) is 3.97. The van der Waals surface area contributed by atoms with Gasteiger partial charge in [-0.25, -0.2) is 0 Å². The normalized spacial score (nSPS) is 35.4. The number of rotatable bonds is 1. The molecule has 0 spiro atoms. The van der Waals surface area contributed by atoms with Crippen molar-refractivity contribution in [3.05, 3.63) is 6.92 Å². The van der Waals surface area contributed by atoms with E-state index in [0.29, 0.717) is 6.04 Å². The molecule has 0 aromatic rings. The minimum Gasteiger partial charge on any atom is -0.343 e. The highest BCUT2D eigenvalue weighted by Crippen LogP contribution is 2.24. The molecule has 0 aliphatic heterocycles. The van der Waals surface area contributed by atoms with Crippen LogP contribution >= 0.6 is 0 Å². The maximum Gasteiger partial charge on any atom is 0.00389 e. The van der Waals surface area contributed by atoms with Crippen molar-refractivity contribution >= 4 is 0 Å². The number of nitrogens with two attached hydrogens (primary N) is 1. The molecule has 0 radical (unpaired) electrons. The average molecular weight is 140 g/mol. The third kappa shape index (κ3) is 2.30. The van der Waals surface area contributed by atoms with Crippen molar-refractivity contribution in [2.24, 2.45) is 11.7 Å². The minimum atomic E-state index is 0.483. The SMILES string of the molecule is [CH2-]CC1CCCC(N)CC1. The fourth-order valence-electron chi connectivity index (χ4n) is 1.70. The molecule has 0 amide bonds. The Hall–Kier alpha value is -0.0400.